The van der Waals surface area contributed by atoms with E-state index in [1.54, 1.807) is 18.0 Å². The lowest BCUT2D eigenvalue weighted by atomic mass is 10.2. The third-order valence-corrected chi connectivity index (χ3v) is 6.30. The average molecular weight is 484 g/mol. The predicted molar refractivity (Wildman–Crippen MR) is 139 cm³/mol. The van der Waals surface area contributed by atoms with Gasteiger partial charge in [-0.15, -0.1) is 0 Å². The standard InChI is InChI=1S/C27H29N7O2/c1-19-17-25(30-21-9-11-23(36-3)12-10-21)31-27(29-19)33-15-13-32(14-16-33)26(35)24-18-28-34(20(24)2)22-7-5-4-6-8-22/h4-12,17-18H,13-16H2,1-3H3,(H,29,30,31). The summed E-state index contributed by atoms with van der Waals surface area (Å²) >= 11 is 0. The first-order chi connectivity index (χ1) is 17.5. The minimum atomic E-state index is 0.00125. The van der Waals surface area contributed by atoms with Gasteiger partial charge in [0, 0.05) is 43.6 Å². The van der Waals surface area contributed by atoms with Gasteiger partial charge in [0.05, 0.1) is 30.3 Å². The van der Waals surface area contributed by atoms with Crippen LogP contribution in [-0.2, 0) is 0 Å². The van der Waals surface area contributed by atoms with Crippen LogP contribution in [0.15, 0.2) is 66.9 Å². The number of rotatable bonds is 6. The Hall–Kier alpha value is -4.40. The van der Waals surface area contributed by atoms with Crippen molar-refractivity contribution >= 4 is 23.4 Å². The number of aromatic nitrogens is 4. The van der Waals surface area contributed by atoms with Crippen LogP contribution in [-0.4, -0.2) is 63.8 Å². The molecular weight excluding hydrogens is 454 g/mol. The molecule has 2 aromatic carbocycles. The zero-order valence-corrected chi connectivity index (χ0v) is 20.7. The van der Waals surface area contributed by atoms with Gasteiger partial charge in [0.25, 0.3) is 5.91 Å². The molecule has 9 heteroatoms. The van der Waals surface area contributed by atoms with E-state index in [1.807, 2.05) is 79.4 Å². The molecule has 0 bridgehead atoms. The second-order valence-corrected chi connectivity index (χ2v) is 8.72. The van der Waals surface area contributed by atoms with Crippen LogP contribution in [0, 0.1) is 13.8 Å². The van der Waals surface area contributed by atoms with Crippen LogP contribution in [0.3, 0.4) is 0 Å². The Labute approximate surface area is 210 Å². The number of ether oxygens (including phenoxy) is 1. The molecule has 0 spiro atoms. The van der Waals surface area contributed by atoms with E-state index < -0.39 is 0 Å². The van der Waals surface area contributed by atoms with Crippen LogP contribution in [0.5, 0.6) is 5.75 Å². The molecule has 3 heterocycles. The average Bonchev–Trinajstić information content (AvgIpc) is 3.30. The molecule has 1 aliphatic rings. The highest BCUT2D eigenvalue weighted by Gasteiger charge is 2.26. The number of hydrogen-bond donors (Lipinski definition) is 1. The molecule has 2 aromatic heterocycles. The van der Waals surface area contributed by atoms with E-state index in [0.29, 0.717) is 37.7 Å². The molecule has 36 heavy (non-hydrogen) atoms. The number of hydrogen-bond acceptors (Lipinski definition) is 7. The molecule has 1 amide bonds. The first-order valence-electron chi connectivity index (χ1n) is 11.9. The lowest BCUT2D eigenvalue weighted by molar-refractivity contribution is 0.0745. The Morgan fingerprint density at radius 2 is 1.67 bits per heavy atom. The van der Waals surface area contributed by atoms with E-state index in [2.05, 4.69) is 20.3 Å². The number of benzene rings is 2. The molecule has 0 radical (unpaired) electrons. The molecular formula is C27H29N7O2. The summed E-state index contributed by atoms with van der Waals surface area (Å²) in [7, 11) is 1.65. The molecule has 1 fully saturated rings. The third-order valence-electron chi connectivity index (χ3n) is 6.30. The largest absolute Gasteiger partial charge is 0.497 e. The number of nitrogens with zero attached hydrogens (tertiary/aromatic N) is 6. The van der Waals surface area contributed by atoms with Crippen LogP contribution >= 0.6 is 0 Å². The van der Waals surface area contributed by atoms with Crippen molar-refractivity contribution in [2.45, 2.75) is 13.8 Å². The highest BCUT2D eigenvalue weighted by atomic mass is 16.5. The molecule has 0 unspecified atom stereocenters. The fourth-order valence-electron chi connectivity index (χ4n) is 4.31. The summed E-state index contributed by atoms with van der Waals surface area (Å²) in [6.45, 7) is 6.38. The van der Waals surface area contributed by atoms with Gasteiger partial charge in [-0.05, 0) is 50.2 Å². The minimum absolute atomic E-state index is 0.00125. The number of para-hydroxylation sites is 1. The topological polar surface area (TPSA) is 88.4 Å². The van der Waals surface area contributed by atoms with Crippen LogP contribution in [0.4, 0.5) is 17.5 Å². The second-order valence-electron chi connectivity index (χ2n) is 8.72. The van der Waals surface area contributed by atoms with Gasteiger partial charge >= 0.3 is 0 Å². The van der Waals surface area contributed by atoms with E-state index in [-0.39, 0.29) is 5.91 Å². The van der Waals surface area contributed by atoms with Crippen LogP contribution in [0.1, 0.15) is 21.7 Å². The van der Waals surface area contributed by atoms with Gasteiger partial charge in [-0.2, -0.15) is 10.1 Å². The highest BCUT2D eigenvalue weighted by molar-refractivity contribution is 5.95. The van der Waals surface area contributed by atoms with Crippen molar-refractivity contribution in [3.63, 3.8) is 0 Å². The van der Waals surface area contributed by atoms with E-state index >= 15 is 0 Å². The summed E-state index contributed by atoms with van der Waals surface area (Å²) in [4.78, 5) is 26.6. The summed E-state index contributed by atoms with van der Waals surface area (Å²) in [6, 6.07) is 19.5. The molecule has 9 nitrogen and oxygen atoms in total. The van der Waals surface area contributed by atoms with Crippen molar-refractivity contribution in [3.05, 3.63) is 83.8 Å². The Balaban J connectivity index is 1.25. The molecule has 184 valence electrons. The maximum Gasteiger partial charge on any atom is 0.257 e. The smallest absolute Gasteiger partial charge is 0.257 e. The van der Waals surface area contributed by atoms with Gasteiger partial charge in [0.15, 0.2) is 0 Å². The maximum absolute atomic E-state index is 13.3. The van der Waals surface area contributed by atoms with Crippen molar-refractivity contribution in [2.75, 3.05) is 43.5 Å². The van der Waals surface area contributed by atoms with Crippen molar-refractivity contribution in [2.24, 2.45) is 0 Å². The number of nitrogens with one attached hydrogen (secondary N) is 1. The van der Waals surface area contributed by atoms with Gasteiger partial charge in [-0.1, -0.05) is 18.2 Å². The molecule has 0 saturated carbocycles. The van der Waals surface area contributed by atoms with Gasteiger partial charge in [0.1, 0.15) is 11.6 Å². The number of methoxy groups -OCH3 is 1. The van der Waals surface area contributed by atoms with Gasteiger partial charge in [-0.3, -0.25) is 4.79 Å². The number of carbonyl (C=O) groups excluding carboxylic acids is 1. The first-order valence-corrected chi connectivity index (χ1v) is 11.9. The van der Waals surface area contributed by atoms with E-state index in [1.165, 1.54) is 0 Å². The quantitative estimate of drug-likeness (QED) is 0.444. The van der Waals surface area contributed by atoms with Crippen LogP contribution in [0.25, 0.3) is 5.69 Å². The lowest BCUT2D eigenvalue weighted by Crippen LogP contribution is -2.49. The Kier molecular flexibility index (Phi) is 6.53. The Bertz CT molecular complexity index is 1340. The fourth-order valence-corrected chi connectivity index (χ4v) is 4.31. The molecule has 0 atom stereocenters. The minimum Gasteiger partial charge on any atom is -0.497 e. The summed E-state index contributed by atoms with van der Waals surface area (Å²) < 4.78 is 7.03. The van der Waals surface area contributed by atoms with E-state index in [4.69, 9.17) is 9.72 Å². The monoisotopic (exact) mass is 483 g/mol. The summed E-state index contributed by atoms with van der Waals surface area (Å²) in [5.74, 6) is 2.19. The summed E-state index contributed by atoms with van der Waals surface area (Å²) in [5, 5.41) is 7.79. The van der Waals surface area contributed by atoms with Crippen LogP contribution in [0.2, 0.25) is 0 Å². The second kappa shape index (κ2) is 10.1. The van der Waals surface area contributed by atoms with Crippen molar-refractivity contribution < 1.29 is 9.53 Å². The molecule has 1 saturated heterocycles. The zero-order valence-electron chi connectivity index (χ0n) is 20.7. The lowest BCUT2D eigenvalue weighted by Gasteiger charge is -2.35. The van der Waals surface area contributed by atoms with Gasteiger partial charge in [0.2, 0.25) is 5.95 Å². The predicted octanol–water partition coefficient (Wildman–Crippen LogP) is 3.99. The Morgan fingerprint density at radius 1 is 0.944 bits per heavy atom. The zero-order chi connectivity index (χ0) is 25.1. The normalized spacial score (nSPS) is 13.5. The highest BCUT2D eigenvalue weighted by Crippen LogP contribution is 2.22. The fraction of sp³-hybridized carbons (Fsp3) is 0.259. The van der Waals surface area contributed by atoms with Crippen molar-refractivity contribution in [3.8, 4) is 11.4 Å². The van der Waals surface area contributed by atoms with Gasteiger partial charge < -0.3 is 19.9 Å². The first kappa shape index (κ1) is 23.3. The molecule has 1 aliphatic heterocycles. The van der Waals surface area contributed by atoms with Gasteiger partial charge in [-0.25, -0.2) is 9.67 Å². The molecule has 4 aromatic rings. The molecule has 0 aliphatic carbocycles. The molecule has 5 rings (SSSR count). The van der Waals surface area contributed by atoms with E-state index in [9.17, 15) is 4.79 Å². The SMILES string of the molecule is COc1ccc(Nc2cc(C)nc(N3CCN(C(=O)c4cnn(-c5ccccc5)c4C)CC3)n2)cc1. The summed E-state index contributed by atoms with van der Waals surface area (Å²) in [5.41, 5.74) is 4.20. The van der Waals surface area contributed by atoms with Crippen molar-refractivity contribution in [1.82, 2.24) is 24.6 Å². The van der Waals surface area contributed by atoms with E-state index in [0.717, 1.165) is 34.3 Å². The number of anilines is 3. The Morgan fingerprint density at radius 3 is 2.36 bits per heavy atom. The molecule has 1 N–H and O–H groups in total. The number of amides is 1. The maximum atomic E-state index is 13.3. The number of carbonyl (C=O) groups is 1. The number of piperazine rings is 1. The summed E-state index contributed by atoms with van der Waals surface area (Å²) in [6.07, 6.45) is 1.66. The van der Waals surface area contributed by atoms with Crippen molar-refractivity contribution in [1.29, 1.82) is 0 Å². The van der Waals surface area contributed by atoms with Crippen LogP contribution < -0.4 is 15.0 Å². The number of aryl methyl sites for hydroxylation is 1. The third kappa shape index (κ3) is 4.86.